The summed E-state index contributed by atoms with van der Waals surface area (Å²) in [6.45, 7) is 5.86. The van der Waals surface area contributed by atoms with Crippen molar-refractivity contribution in [3.05, 3.63) is 17.2 Å². The minimum Gasteiger partial charge on any atom is -0.383 e. The number of nitrogens with zero attached hydrogens (tertiary/aromatic N) is 4. The van der Waals surface area contributed by atoms with E-state index in [1.807, 2.05) is 13.0 Å². The molecule has 0 unspecified atom stereocenters. The molecule has 0 aliphatic carbocycles. The molecule has 1 aliphatic heterocycles. The molecule has 0 atom stereocenters. The van der Waals surface area contributed by atoms with Crippen molar-refractivity contribution in [1.29, 1.82) is 5.26 Å². The van der Waals surface area contributed by atoms with E-state index in [-0.39, 0.29) is 0 Å². The summed E-state index contributed by atoms with van der Waals surface area (Å²) in [5.74, 6) is 1.22. The molecule has 2 N–H and O–H groups in total. The minimum absolute atomic E-state index is 0.335. The second-order valence-electron chi connectivity index (χ2n) is 4.46. The second-order valence-corrected chi connectivity index (χ2v) is 4.46. The second kappa shape index (κ2) is 4.60. The van der Waals surface area contributed by atoms with Crippen LogP contribution in [0.3, 0.4) is 0 Å². The third-order valence-electron chi connectivity index (χ3n) is 3.17. The van der Waals surface area contributed by atoms with Crippen LogP contribution in [0.25, 0.3) is 0 Å². The SMILES string of the molecule is Cc1cc(N2CCN(C)CC2)nc(N)c1C#N. The molecule has 1 aliphatic rings. The summed E-state index contributed by atoms with van der Waals surface area (Å²) in [6, 6.07) is 4.03. The van der Waals surface area contributed by atoms with E-state index in [2.05, 4.69) is 27.9 Å². The van der Waals surface area contributed by atoms with Crippen molar-refractivity contribution in [1.82, 2.24) is 9.88 Å². The lowest BCUT2D eigenvalue weighted by atomic mass is 10.1. The number of nitriles is 1. The van der Waals surface area contributed by atoms with Gasteiger partial charge in [0.15, 0.2) is 0 Å². The molecule has 1 aromatic heterocycles. The van der Waals surface area contributed by atoms with Crippen molar-refractivity contribution in [2.24, 2.45) is 0 Å². The summed E-state index contributed by atoms with van der Waals surface area (Å²) in [5.41, 5.74) is 7.18. The average molecular weight is 231 g/mol. The monoisotopic (exact) mass is 231 g/mol. The highest BCUT2D eigenvalue weighted by Crippen LogP contribution is 2.21. The number of hydrogen-bond donors (Lipinski definition) is 1. The predicted octanol–water partition coefficient (Wildman–Crippen LogP) is 0.596. The maximum Gasteiger partial charge on any atom is 0.144 e. The Morgan fingerprint density at radius 2 is 2.00 bits per heavy atom. The lowest BCUT2D eigenvalue weighted by Gasteiger charge is -2.33. The Morgan fingerprint density at radius 3 is 2.53 bits per heavy atom. The molecule has 0 radical (unpaired) electrons. The van der Waals surface area contributed by atoms with E-state index in [0.29, 0.717) is 11.4 Å². The zero-order valence-electron chi connectivity index (χ0n) is 10.3. The molecule has 1 fully saturated rings. The van der Waals surface area contributed by atoms with Crippen molar-refractivity contribution in [3.63, 3.8) is 0 Å². The number of piperazine rings is 1. The maximum atomic E-state index is 8.94. The molecule has 2 heterocycles. The van der Waals surface area contributed by atoms with Gasteiger partial charge in [-0.25, -0.2) is 4.98 Å². The first kappa shape index (κ1) is 11.7. The molecule has 0 saturated carbocycles. The third-order valence-corrected chi connectivity index (χ3v) is 3.17. The van der Waals surface area contributed by atoms with Gasteiger partial charge in [-0.15, -0.1) is 0 Å². The molecule has 0 amide bonds. The standard InChI is InChI=1S/C12H17N5/c1-9-7-11(15-12(14)10(9)8-13)17-5-3-16(2)4-6-17/h7H,3-6H2,1-2H3,(H2,14,15). The van der Waals surface area contributed by atoms with Gasteiger partial charge in [-0.3, -0.25) is 0 Å². The van der Waals surface area contributed by atoms with Gasteiger partial charge in [0.1, 0.15) is 17.7 Å². The smallest absolute Gasteiger partial charge is 0.144 e. The molecule has 2 rings (SSSR count). The molecule has 90 valence electrons. The van der Waals surface area contributed by atoms with Crippen LogP contribution in [-0.2, 0) is 0 Å². The van der Waals surface area contributed by atoms with Gasteiger partial charge in [0, 0.05) is 26.2 Å². The molecule has 0 aromatic carbocycles. The highest BCUT2D eigenvalue weighted by atomic mass is 15.3. The fraction of sp³-hybridized carbons (Fsp3) is 0.500. The first-order valence-corrected chi connectivity index (χ1v) is 5.72. The summed E-state index contributed by atoms with van der Waals surface area (Å²) in [5, 5.41) is 8.94. The summed E-state index contributed by atoms with van der Waals surface area (Å²) in [7, 11) is 2.11. The van der Waals surface area contributed by atoms with Gasteiger partial charge in [-0.1, -0.05) is 0 Å². The van der Waals surface area contributed by atoms with Crippen molar-refractivity contribution in [2.45, 2.75) is 6.92 Å². The molecule has 1 aromatic rings. The van der Waals surface area contributed by atoms with E-state index in [0.717, 1.165) is 37.6 Å². The molecule has 0 spiro atoms. The first-order valence-electron chi connectivity index (χ1n) is 5.72. The van der Waals surface area contributed by atoms with Gasteiger partial charge < -0.3 is 15.5 Å². The Hall–Kier alpha value is -1.80. The number of hydrogen-bond acceptors (Lipinski definition) is 5. The Labute approximate surface area is 101 Å². The van der Waals surface area contributed by atoms with Crippen LogP contribution in [0.5, 0.6) is 0 Å². The van der Waals surface area contributed by atoms with Gasteiger partial charge in [0.2, 0.25) is 0 Å². The van der Waals surface area contributed by atoms with Crippen LogP contribution in [-0.4, -0.2) is 43.1 Å². The average Bonchev–Trinajstić information content (AvgIpc) is 2.29. The van der Waals surface area contributed by atoms with Crippen LogP contribution < -0.4 is 10.6 Å². The molecule has 5 heteroatoms. The molecular weight excluding hydrogens is 214 g/mol. The molecule has 5 nitrogen and oxygen atoms in total. The van der Waals surface area contributed by atoms with Crippen molar-refractivity contribution in [2.75, 3.05) is 43.9 Å². The zero-order chi connectivity index (χ0) is 12.4. The van der Waals surface area contributed by atoms with E-state index in [9.17, 15) is 0 Å². The van der Waals surface area contributed by atoms with E-state index in [4.69, 9.17) is 11.0 Å². The van der Waals surface area contributed by atoms with Crippen molar-refractivity contribution < 1.29 is 0 Å². The highest BCUT2D eigenvalue weighted by molar-refractivity contribution is 5.59. The van der Waals surface area contributed by atoms with Crippen LogP contribution in [0.1, 0.15) is 11.1 Å². The van der Waals surface area contributed by atoms with Gasteiger partial charge in [0.05, 0.1) is 5.56 Å². The fourth-order valence-electron chi connectivity index (χ4n) is 2.02. The summed E-state index contributed by atoms with van der Waals surface area (Å²) in [4.78, 5) is 8.82. The Kier molecular flexibility index (Phi) is 3.16. The number of anilines is 2. The summed E-state index contributed by atoms with van der Waals surface area (Å²) >= 11 is 0. The fourth-order valence-corrected chi connectivity index (χ4v) is 2.02. The van der Waals surface area contributed by atoms with Crippen LogP contribution >= 0.6 is 0 Å². The molecular formula is C12H17N5. The number of aromatic nitrogens is 1. The van der Waals surface area contributed by atoms with Crippen molar-refractivity contribution in [3.8, 4) is 6.07 Å². The normalized spacial score (nSPS) is 16.9. The highest BCUT2D eigenvalue weighted by Gasteiger charge is 2.17. The quantitative estimate of drug-likeness (QED) is 0.766. The van der Waals surface area contributed by atoms with Gasteiger partial charge in [-0.2, -0.15) is 5.26 Å². The van der Waals surface area contributed by atoms with Crippen LogP contribution in [0, 0.1) is 18.3 Å². The number of nitrogen functional groups attached to an aromatic ring is 1. The van der Waals surface area contributed by atoms with Gasteiger partial charge in [0.25, 0.3) is 0 Å². The Bertz CT molecular complexity index is 431. The van der Waals surface area contributed by atoms with E-state index >= 15 is 0 Å². The maximum absolute atomic E-state index is 8.94. The zero-order valence-corrected chi connectivity index (χ0v) is 10.3. The number of nitrogens with two attached hydrogens (primary N) is 1. The van der Waals surface area contributed by atoms with Crippen LogP contribution in [0.2, 0.25) is 0 Å². The lowest BCUT2D eigenvalue weighted by molar-refractivity contribution is 0.312. The number of pyridine rings is 1. The minimum atomic E-state index is 0.335. The topological polar surface area (TPSA) is 69.2 Å². The van der Waals surface area contributed by atoms with Crippen LogP contribution in [0.4, 0.5) is 11.6 Å². The predicted molar refractivity (Wildman–Crippen MR) is 67.8 cm³/mol. The van der Waals surface area contributed by atoms with E-state index in [1.165, 1.54) is 0 Å². The molecule has 1 saturated heterocycles. The molecule has 17 heavy (non-hydrogen) atoms. The largest absolute Gasteiger partial charge is 0.383 e. The third kappa shape index (κ3) is 2.32. The first-order chi connectivity index (χ1) is 8.11. The number of rotatable bonds is 1. The number of likely N-dealkylation sites (N-methyl/N-ethyl adjacent to an activating group) is 1. The van der Waals surface area contributed by atoms with Gasteiger partial charge >= 0.3 is 0 Å². The lowest BCUT2D eigenvalue weighted by Crippen LogP contribution is -2.44. The van der Waals surface area contributed by atoms with E-state index < -0.39 is 0 Å². The van der Waals surface area contributed by atoms with Gasteiger partial charge in [-0.05, 0) is 25.6 Å². The van der Waals surface area contributed by atoms with E-state index in [1.54, 1.807) is 0 Å². The summed E-state index contributed by atoms with van der Waals surface area (Å²) in [6.07, 6.45) is 0. The Balaban J connectivity index is 2.26. The van der Waals surface area contributed by atoms with Crippen molar-refractivity contribution >= 4 is 11.6 Å². The number of aryl methyl sites for hydroxylation is 1. The molecule has 0 bridgehead atoms. The summed E-state index contributed by atoms with van der Waals surface area (Å²) < 4.78 is 0. The van der Waals surface area contributed by atoms with Crippen LogP contribution in [0.15, 0.2) is 6.07 Å². The Morgan fingerprint density at radius 1 is 1.35 bits per heavy atom.